The molecule has 22 heavy (non-hydrogen) atoms. The zero-order valence-electron chi connectivity index (χ0n) is 12.3. The van der Waals surface area contributed by atoms with E-state index in [2.05, 4.69) is 15.0 Å². The standard InChI is InChI=1S/C16H19ClN4O/c17-15-5-10-4-12(7-15)13(16(22,6-10)9-15)14(20-21-18)11-2-1-3-19-8-11/h1-3,8,10,12-14,22H,4-7,9H2/t10-,12+,13-,14?,15+,16+/m1/s1. The summed E-state index contributed by atoms with van der Waals surface area (Å²) in [5.74, 6) is 0.766. The Morgan fingerprint density at radius 1 is 1.45 bits per heavy atom. The van der Waals surface area contributed by atoms with Gasteiger partial charge in [-0.25, -0.2) is 0 Å². The number of alkyl halides is 1. The maximum atomic E-state index is 11.3. The van der Waals surface area contributed by atoms with Crippen LogP contribution in [-0.2, 0) is 0 Å². The third-order valence-corrected chi connectivity index (χ3v) is 6.30. The maximum Gasteiger partial charge on any atom is 0.0705 e. The SMILES string of the molecule is [N-]=[N+]=NC(c1cccnc1)[C@H]1[C@H]2C[C@@H]3C[C@](Cl)(C2)C[C@@]1(O)C3. The van der Waals surface area contributed by atoms with Crippen LogP contribution >= 0.6 is 11.6 Å². The predicted molar refractivity (Wildman–Crippen MR) is 83.2 cm³/mol. The highest BCUT2D eigenvalue weighted by atomic mass is 35.5. The van der Waals surface area contributed by atoms with Gasteiger partial charge in [-0.2, -0.15) is 0 Å². The summed E-state index contributed by atoms with van der Waals surface area (Å²) in [7, 11) is 0. The number of aliphatic hydroxyl groups is 1. The van der Waals surface area contributed by atoms with Crippen molar-refractivity contribution in [1.29, 1.82) is 0 Å². The highest BCUT2D eigenvalue weighted by Gasteiger charge is 2.63. The molecular formula is C16H19ClN4O. The molecule has 0 aliphatic heterocycles. The minimum Gasteiger partial charge on any atom is -0.389 e. The van der Waals surface area contributed by atoms with Crippen LogP contribution in [0.2, 0.25) is 0 Å². The summed E-state index contributed by atoms with van der Waals surface area (Å²) < 4.78 is 0. The Morgan fingerprint density at radius 2 is 2.32 bits per heavy atom. The van der Waals surface area contributed by atoms with E-state index in [-0.39, 0.29) is 16.8 Å². The molecule has 0 saturated heterocycles. The fraction of sp³-hybridized carbons (Fsp3) is 0.688. The minimum atomic E-state index is -0.819. The van der Waals surface area contributed by atoms with Gasteiger partial charge in [0.2, 0.25) is 0 Å². The molecule has 0 amide bonds. The van der Waals surface area contributed by atoms with Crippen molar-refractivity contribution in [2.45, 2.75) is 48.6 Å². The molecule has 4 aliphatic carbocycles. The minimum absolute atomic E-state index is 0.0592. The van der Waals surface area contributed by atoms with Gasteiger partial charge in [-0.15, -0.1) is 11.6 Å². The molecular weight excluding hydrogens is 300 g/mol. The molecule has 1 unspecified atom stereocenters. The first-order valence-electron chi connectivity index (χ1n) is 7.88. The molecule has 5 rings (SSSR count). The number of aromatic nitrogens is 1. The van der Waals surface area contributed by atoms with Gasteiger partial charge in [0.1, 0.15) is 0 Å². The Labute approximate surface area is 134 Å². The van der Waals surface area contributed by atoms with Crippen LogP contribution in [0.1, 0.15) is 43.7 Å². The Balaban J connectivity index is 1.76. The molecule has 4 aliphatic rings. The summed E-state index contributed by atoms with van der Waals surface area (Å²) in [5.41, 5.74) is 9.08. The lowest BCUT2D eigenvalue weighted by Gasteiger charge is -2.63. The van der Waals surface area contributed by atoms with Gasteiger partial charge in [0.05, 0.1) is 11.6 Å². The van der Waals surface area contributed by atoms with Gasteiger partial charge in [-0.05, 0) is 61.1 Å². The first kappa shape index (κ1) is 14.3. The van der Waals surface area contributed by atoms with Crippen LogP contribution in [0, 0.1) is 17.8 Å². The summed E-state index contributed by atoms with van der Waals surface area (Å²) in [6, 6.07) is 3.41. The maximum absolute atomic E-state index is 11.3. The number of halogens is 1. The highest BCUT2D eigenvalue weighted by Crippen LogP contribution is 2.65. The first-order chi connectivity index (χ1) is 10.5. The molecule has 1 N–H and O–H groups in total. The average molecular weight is 319 g/mol. The van der Waals surface area contributed by atoms with E-state index in [1.807, 2.05) is 12.1 Å². The summed E-state index contributed by atoms with van der Waals surface area (Å²) in [5, 5.41) is 15.3. The molecule has 6 atom stereocenters. The molecule has 1 heterocycles. The van der Waals surface area contributed by atoms with Crippen molar-refractivity contribution in [2.75, 3.05) is 0 Å². The Morgan fingerprint density at radius 3 is 2.95 bits per heavy atom. The molecule has 4 saturated carbocycles. The number of hydrogen-bond donors (Lipinski definition) is 1. The van der Waals surface area contributed by atoms with E-state index in [0.29, 0.717) is 18.3 Å². The number of pyridine rings is 1. The number of nitrogens with zero attached hydrogens (tertiary/aromatic N) is 4. The predicted octanol–water partition coefficient (Wildman–Crippen LogP) is 3.98. The topological polar surface area (TPSA) is 81.9 Å². The average Bonchev–Trinajstić information content (AvgIpc) is 2.44. The van der Waals surface area contributed by atoms with Crippen LogP contribution < -0.4 is 0 Å². The lowest BCUT2D eigenvalue weighted by molar-refractivity contribution is -0.170. The summed E-state index contributed by atoms with van der Waals surface area (Å²) >= 11 is 6.74. The smallest absolute Gasteiger partial charge is 0.0705 e. The molecule has 4 fully saturated rings. The molecule has 116 valence electrons. The molecule has 1 aromatic heterocycles. The quantitative estimate of drug-likeness (QED) is 0.396. The molecule has 0 radical (unpaired) electrons. The van der Waals surface area contributed by atoms with Crippen LogP contribution in [0.5, 0.6) is 0 Å². The first-order valence-corrected chi connectivity index (χ1v) is 8.26. The second-order valence-electron chi connectivity index (χ2n) is 7.37. The van der Waals surface area contributed by atoms with E-state index in [1.165, 1.54) is 0 Å². The van der Waals surface area contributed by atoms with Crippen LogP contribution in [-0.4, -0.2) is 20.6 Å². The van der Waals surface area contributed by atoms with Gasteiger partial charge in [-0.3, -0.25) is 4.98 Å². The number of rotatable bonds is 3. The van der Waals surface area contributed by atoms with Crippen molar-refractivity contribution in [2.24, 2.45) is 22.9 Å². The van der Waals surface area contributed by atoms with Crippen molar-refractivity contribution in [1.82, 2.24) is 4.98 Å². The normalized spacial score (nSPS) is 43.6. The summed E-state index contributed by atoms with van der Waals surface area (Å²) in [4.78, 5) is 6.94. The third-order valence-electron chi connectivity index (χ3n) is 5.85. The van der Waals surface area contributed by atoms with Gasteiger partial charge in [0.15, 0.2) is 0 Å². The summed E-state index contributed by atoms with van der Waals surface area (Å²) in [6.45, 7) is 0. The fourth-order valence-corrected chi connectivity index (χ4v) is 6.20. The Kier molecular flexibility index (Phi) is 3.16. The lowest BCUT2D eigenvalue weighted by atomic mass is 9.48. The van der Waals surface area contributed by atoms with Crippen LogP contribution in [0.25, 0.3) is 10.4 Å². The second-order valence-corrected chi connectivity index (χ2v) is 8.17. The van der Waals surface area contributed by atoms with E-state index in [0.717, 1.165) is 31.2 Å². The molecule has 0 aromatic carbocycles. The van der Waals surface area contributed by atoms with Gasteiger partial charge in [0, 0.05) is 28.1 Å². The van der Waals surface area contributed by atoms with Crippen molar-refractivity contribution in [3.8, 4) is 0 Å². The van der Waals surface area contributed by atoms with Gasteiger partial charge < -0.3 is 5.11 Å². The third kappa shape index (κ3) is 2.11. The van der Waals surface area contributed by atoms with Crippen molar-refractivity contribution < 1.29 is 5.11 Å². The summed E-state index contributed by atoms with van der Waals surface area (Å²) in [6.07, 6.45) is 7.84. The van der Waals surface area contributed by atoms with Crippen molar-refractivity contribution in [3.63, 3.8) is 0 Å². The highest BCUT2D eigenvalue weighted by molar-refractivity contribution is 6.24. The van der Waals surface area contributed by atoms with E-state index >= 15 is 0 Å². The van der Waals surface area contributed by atoms with Crippen LogP contribution in [0.3, 0.4) is 0 Å². The van der Waals surface area contributed by atoms with Gasteiger partial charge >= 0.3 is 0 Å². The second kappa shape index (κ2) is 4.85. The molecule has 4 bridgehead atoms. The van der Waals surface area contributed by atoms with E-state index < -0.39 is 5.60 Å². The molecule has 0 spiro atoms. The lowest BCUT2D eigenvalue weighted by Crippen LogP contribution is -2.63. The van der Waals surface area contributed by atoms with Crippen molar-refractivity contribution >= 4 is 11.6 Å². The van der Waals surface area contributed by atoms with Gasteiger partial charge in [0.25, 0.3) is 0 Å². The van der Waals surface area contributed by atoms with Crippen LogP contribution in [0.15, 0.2) is 29.6 Å². The number of hydrogen-bond acceptors (Lipinski definition) is 3. The molecule has 5 nitrogen and oxygen atoms in total. The van der Waals surface area contributed by atoms with E-state index in [1.54, 1.807) is 12.4 Å². The zero-order valence-corrected chi connectivity index (χ0v) is 13.0. The Hall–Kier alpha value is -1.29. The Bertz CT molecular complexity index is 634. The number of azide groups is 1. The van der Waals surface area contributed by atoms with E-state index in [4.69, 9.17) is 17.1 Å². The fourth-order valence-electron chi connectivity index (χ4n) is 5.56. The monoisotopic (exact) mass is 318 g/mol. The zero-order chi connectivity index (χ0) is 15.4. The largest absolute Gasteiger partial charge is 0.389 e. The van der Waals surface area contributed by atoms with Crippen LogP contribution in [0.4, 0.5) is 0 Å². The molecule has 1 aromatic rings. The van der Waals surface area contributed by atoms with Crippen molar-refractivity contribution in [3.05, 3.63) is 40.5 Å². The van der Waals surface area contributed by atoms with E-state index in [9.17, 15) is 5.11 Å². The van der Waals surface area contributed by atoms with Gasteiger partial charge in [-0.1, -0.05) is 11.2 Å². The molecule has 6 heteroatoms.